The SMILES string of the molecule is CCNC(=NCC(C)c1ccccc1OC)N1CCC(C)C(n2ccnc2)C1.I. The summed E-state index contributed by atoms with van der Waals surface area (Å²) in [4.78, 5) is 11.6. The number of piperidine rings is 1. The first-order valence-electron chi connectivity index (χ1n) is 10.3. The third-order valence-corrected chi connectivity index (χ3v) is 5.65. The molecule has 1 aliphatic heterocycles. The van der Waals surface area contributed by atoms with Gasteiger partial charge >= 0.3 is 0 Å². The maximum Gasteiger partial charge on any atom is 0.194 e. The average Bonchev–Trinajstić information content (AvgIpc) is 3.26. The first kappa shape index (κ1) is 23.5. The molecule has 0 aliphatic carbocycles. The van der Waals surface area contributed by atoms with E-state index in [1.54, 1.807) is 7.11 Å². The Morgan fingerprint density at radius 3 is 2.86 bits per heavy atom. The molecule has 2 aromatic rings. The van der Waals surface area contributed by atoms with Gasteiger partial charge in [-0.3, -0.25) is 4.99 Å². The molecule has 3 rings (SSSR count). The Balaban J connectivity index is 0.00000300. The molecule has 3 unspecified atom stereocenters. The standard InChI is InChI=1S/C22H33N5O.HI/c1-5-24-22(25-14-18(3)19-8-6-7-9-21(19)28-4)26-12-10-17(2)20(15-26)27-13-11-23-16-27;/h6-9,11,13,16-18,20H,5,10,12,14-15H2,1-4H3,(H,24,25);1H. The van der Waals surface area contributed by atoms with Crippen LogP contribution in [0.4, 0.5) is 0 Å². The van der Waals surface area contributed by atoms with Crippen molar-refractivity contribution in [3.05, 3.63) is 48.5 Å². The Morgan fingerprint density at radius 2 is 2.17 bits per heavy atom. The summed E-state index contributed by atoms with van der Waals surface area (Å²) in [5.74, 6) is 2.85. The number of imidazole rings is 1. The lowest BCUT2D eigenvalue weighted by molar-refractivity contribution is 0.189. The lowest BCUT2D eigenvalue weighted by Gasteiger charge is -2.39. The molecular formula is C22H34IN5O. The number of nitrogens with zero attached hydrogens (tertiary/aromatic N) is 4. The van der Waals surface area contributed by atoms with Gasteiger partial charge in [0.15, 0.2) is 5.96 Å². The number of aromatic nitrogens is 2. The summed E-state index contributed by atoms with van der Waals surface area (Å²) in [7, 11) is 1.73. The van der Waals surface area contributed by atoms with Crippen LogP contribution in [0.15, 0.2) is 48.0 Å². The van der Waals surface area contributed by atoms with Crippen LogP contribution in [0, 0.1) is 5.92 Å². The van der Waals surface area contributed by atoms with Crippen molar-refractivity contribution in [1.82, 2.24) is 19.8 Å². The fourth-order valence-electron chi connectivity index (χ4n) is 3.92. The number of para-hydroxylation sites is 1. The molecule has 160 valence electrons. The Labute approximate surface area is 191 Å². The zero-order valence-electron chi connectivity index (χ0n) is 17.9. The van der Waals surface area contributed by atoms with Gasteiger partial charge in [-0.2, -0.15) is 0 Å². The van der Waals surface area contributed by atoms with Gasteiger partial charge in [0, 0.05) is 44.5 Å². The molecule has 0 saturated carbocycles. The summed E-state index contributed by atoms with van der Waals surface area (Å²) in [6.07, 6.45) is 7.01. The molecule has 1 aromatic heterocycles. The highest BCUT2D eigenvalue weighted by Crippen LogP contribution is 2.28. The van der Waals surface area contributed by atoms with Crippen LogP contribution in [0.1, 0.15) is 44.7 Å². The molecule has 0 radical (unpaired) electrons. The highest BCUT2D eigenvalue weighted by atomic mass is 127. The van der Waals surface area contributed by atoms with Crippen LogP contribution in [0.25, 0.3) is 0 Å². The molecule has 2 heterocycles. The van der Waals surface area contributed by atoms with Crippen LogP contribution in [-0.2, 0) is 0 Å². The Bertz CT molecular complexity index is 764. The van der Waals surface area contributed by atoms with Gasteiger partial charge in [0.05, 0.1) is 19.5 Å². The number of likely N-dealkylation sites (tertiary alicyclic amines) is 1. The lowest BCUT2D eigenvalue weighted by Crippen LogP contribution is -2.49. The van der Waals surface area contributed by atoms with Gasteiger partial charge in [-0.1, -0.05) is 32.0 Å². The maximum absolute atomic E-state index is 5.52. The van der Waals surface area contributed by atoms with E-state index < -0.39 is 0 Å². The second-order valence-corrected chi connectivity index (χ2v) is 7.63. The molecule has 1 N–H and O–H groups in total. The van der Waals surface area contributed by atoms with E-state index in [2.05, 4.69) is 58.9 Å². The first-order chi connectivity index (χ1) is 13.6. The van der Waals surface area contributed by atoms with Crippen molar-refractivity contribution in [2.75, 3.05) is 33.3 Å². The smallest absolute Gasteiger partial charge is 0.194 e. The van der Waals surface area contributed by atoms with Crippen LogP contribution >= 0.6 is 24.0 Å². The van der Waals surface area contributed by atoms with Gasteiger partial charge in [0.2, 0.25) is 0 Å². The quantitative estimate of drug-likeness (QED) is 0.360. The van der Waals surface area contributed by atoms with E-state index in [9.17, 15) is 0 Å². The summed E-state index contributed by atoms with van der Waals surface area (Å²) in [5.41, 5.74) is 1.20. The molecule has 1 aromatic carbocycles. The number of methoxy groups -OCH3 is 1. The van der Waals surface area contributed by atoms with Crippen LogP contribution in [0.2, 0.25) is 0 Å². The van der Waals surface area contributed by atoms with E-state index in [1.807, 2.05) is 24.7 Å². The van der Waals surface area contributed by atoms with Crippen molar-refractivity contribution < 1.29 is 4.74 Å². The van der Waals surface area contributed by atoms with Gasteiger partial charge in [0.1, 0.15) is 5.75 Å². The number of benzene rings is 1. The normalized spacial score (nSPS) is 20.7. The highest BCUT2D eigenvalue weighted by molar-refractivity contribution is 14.0. The molecule has 1 saturated heterocycles. The molecule has 0 spiro atoms. The fourth-order valence-corrected chi connectivity index (χ4v) is 3.92. The minimum atomic E-state index is 0. The third kappa shape index (κ3) is 5.87. The third-order valence-electron chi connectivity index (χ3n) is 5.65. The zero-order valence-corrected chi connectivity index (χ0v) is 20.2. The van der Waals surface area contributed by atoms with Crippen LogP contribution in [0.5, 0.6) is 5.75 Å². The van der Waals surface area contributed by atoms with E-state index in [0.29, 0.717) is 12.0 Å². The molecule has 1 aliphatic rings. The Kier molecular flexibility index (Phi) is 9.26. The summed E-state index contributed by atoms with van der Waals surface area (Å²) < 4.78 is 7.76. The predicted octanol–water partition coefficient (Wildman–Crippen LogP) is 4.16. The van der Waals surface area contributed by atoms with Crippen LogP contribution < -0.4 is 10.1 Å². The molecule has 29 heavy (non-hydrogen) atoms. The number of guanidine groups is 1. The molecule has 0 bridgehead atoms. The van der Waals surface area contributed by atoms with Gasteiger partial charge in [-0.25, -0.2) is 4.98 Å². The number of ether oxygens (including phenoxy) is 1. The van der Waals surface area contributed by atoms with Gasteiger partial charge in [-0.05, 0) is 30.9 Å². The Morgan fingerprint density at radius 1 is 1.38 bits per heavy atom. The van der Waals surface area contributed by atoms with Crippen molar-refractivity contribution >= 4 is 29.9 Å². The van der Waals surface area contributed by atoms with Gasteiger partial charge in [0.25, 0.3) is 0 Å². The summed E-state index contributed by atoms with van der Waals surface area (Å²) >= 11 is 0. The van der Waals surface area contributed by atoms with Gasteiger partial charge < -0.3 is 19.5 Å². The number of hydrogen-bond acceptors (Lipinski definition) is 3. The molecule has 3 atom stereocenters. The molecular weight excluding hydrogens is 477 g/mol. The van der Waals surface area contributed by atoms with E-state index >= 15 is 0 Å². The van der Waals surface area contributed by atoms with E-state index in [0.717, 1.165) is 44.3 Å². The van der Waals surface area contributed by atoms with Crippen molar-refractivity contribution in [2.45, 2.75) is 39.2 Å². The predicted molar refractivity (Wildman–Crippen MR) is 129 cm³/mol. The number of hydrogen-bond donors (Lipinski definition) is 1. The van der Waals surface area contributed by atoms with E-state index in [1.165, 1.54) is 5.56 Å². The lowest BCUT2D eigenvalue weighted by atomic mass is 9.93. The number of nitrogens with one attached hydrogen (secondary N) is 1. The van der Waals surface area contributed by atoms with Gasteiger partial charge in [-0.15, -0.1) is 24.0 Å². The summed E-state index contributed by atoms with van der Waals surface area (Å²) in [6.45, 7) is 10.2. The monoisotopic (exact) mass is 511 g/mol. The zero-order chi connectivity index (χ0) is 19.9. The molecule has 7 heteroatoms. The van der Waals surface area contributed by atoms with Crippen molar-refractivity contribution in [1.29, 1.82) is 0 Å². The average molecular weight is 511 g/mol. The Hall–Kier alpha value is -1.77. The van der Waals surface area contributed by atoms with Crippen molar-refractivity contribution in [2.24, 2.45) is 10.9 Å². The van der Waals surface area contributed by atoms with Crippen molar-refractivity contribution in [3.8, 4) is 5.75 Å². The summed E-state index contributed by atoms with van der Waals surface area (Å²) in [6, 6.07) is 8.64. The molecule has 1 fully saturated rings. The number of rotatable bonds is 6. The van der Waals surface area contributed by atoms with Crippen LogP contribution in [0.3, 0.4) is 0 Å². The first-order valence-corrected chi connectivity index (χ1v) is 10.3. The second kappa shape index (κ2) is 11.4. The largest absolute Gasteiger partial charge is 0.496 e. The van der Waals surface area contributed by atoms with E-state index in [-0.39, 0.29) is 29.9 Å². The van der Waals surface area contributed by atoms with Crippen molar-refractivity contribution in [3.63, 3.8) is 0 Å². The number of halogens is 1. The summed E-state index contributed by atoms with van der Waals surface area (Å²) in [5, 5.41) is 3.49. The second-order valence-electron chi connectivity index (χ2n) is 7.63. The van der Waals surface area contributed by atoms with E-state index in [4.69, 9.17) is 9.73 Å². The maximum atomic E-state index is 5.52. The minimum absolute atomic E-state index is 0. The topological polar surface area (TPSA) is 54.7 Å². The minimum Gasteiger partial charge on any atom is -0.496 e. The molecule has 0 amide bonds. The highest BCUT2D eigenvalue weighted by Gasteiger charge is 2.29. The number of aliphatic imine (C=N–C) groups is 1. The van der Waals surface area contributed by atoms with Crippen LogP contribution in [-0.4, -0.2) is 53.7 Å². The molecule has 6 nitrogen and oxygen atoms in total. The fraction of sp³-hybridized carbons (Fsp3) is 0.545.